The van der Waals surface area contributed by atoms with Crippen LogP contribution in [0.15, 0.2) is 250 Å². The van der Waals surface area contributed by atoms with Crippen LogP contribution in [-0.2, 0) is 0 Å². The fourth-order valence-electron chi connectivity index (χ4n) is 5.67. The monoisotopic (exact) mass is 719 g/mol. The van der Waals surface area contributed by atoms with Gasteiger partial charge in [0.1, 0.15) is 0 Å². The summed E-state index contributed by atoms with van der Waals surface area (Å²) in [6, 6.07) is 26.1. The second-order valence-electron chi connectivity index (χ2n) is 12.9. The summed E-state index contributed by atoms with van der Waals surface area (Å²) in [7, 11) is 0. The number of hydrogen-bond acceptors (Lipinski definition) is 1. The summed E-state index contributed by atoms with van der Waals surface area (Å²) in [4.78, 5) is 2.27. The van der Waals surface area contributed by atoms with E-state index in [2.05, 4.69) is 180 Å². The predicted molar refractivity (Wildman–Crippen MR) is 248 cm³/mol. The zero-order valence-corrected chi connectivity index (χ0v) is 33.2. The molecule has 0 aliphatic heterocycles. The Morgan fingerprint density at radius 3 is 2.04 bits per heavy atom. The minimum atomic E-state index is 0.204. The van der Waals surface area contributed by atoms with Crippen LogP contribution in [0.1, 0.15) is 39.7 Å². The van der Waals surface area contributed by atoms with Crippen molar-refractivity contribution >= 4 is 11.3 Å². The normalized spacial score (nSPS) is 14.0. The molecule has 3 aromatic carbocycles. The van der Waals surface area contributed by atoms with Crippen LogP contribution in [0.4, 0.5) is 5.69 Å². The Morgan fingerprint density at radius 2 is 1.38 bits per heavy atom. The van der Waals surface area contributed by atoms with Crippen molar-refractivity contribution < 1.29 is 0 Å². The van der Waals surface area contributed by atoms with Crippen molar-refractivity contribution in [3.05, 3.63) is 255 Å². The second-order valence-corrected chi connectivity index (χ2v) is 12.9. The number of benzene rings is 3. The summed E-state index contributed by atoms with van der Waals surface area (Å²) in [5.41, 5.74) is 12.3. The summed E-state index contributed by atoms with van der Waals surface area (Å²) in [6.45, 7) is 28.1. The Labute approximate surface area is 332 Å². The number of anilines is 1. The van der Waals surface area contributed by atoms with E-state index in [1.165, 1.54) is 11.1 Å². The van der Waals surface area contributed by atoms with Crippen molar-refractivity contribution in [2.45, 2.75) is 34.1 Å². The molecule has 0 heterocycles. The lowest BCUT2D eigenvalue weighted by atomic mass is 9.92. The number of rotatable bonds is 20. The van der Waals surface area contributed by atoms with Gasteiger partial charge in [0, 0.05) is 17.6 Å². The molecule has 0 aliphatic carbocycles. The first-order valence-electron chi connectivity index (χ1n) is 18.8. The average molecular weight is 720 g/mol. The SMILES string of the molecule is C=C/C=C\C=C\C(C=C)C/C=C/N(/C(C)=C/C=C(C)/C(C)=C/C=C\C)c1ccc(-c2ccc(/C(C=C)=C/C=C/C(C=C)=C/C=C)cc2)c(-c2ccccc2)c1. The lowest BCUT2D eigenvalue weighted by molar-refractivity contribution is 0.831. The molecule has 1 atom stereocenters. The van der Waals surface area contributed by atoms with Gasteiger partial charge in [0.05, 0.1) is 0 Å². The maximum absolute atomic E-state index is 4.08. The molecule has 1 heteroatoms. The van der Waals surface area contributed by atoms with Gasteiger partial charge in [0.2, 0.25) is 0 Å². The van der Waals surface area contributed by atoms with Gasteiger partial charge in [-0.1, -0.05) is 196 Å². The highest BCUT2D eigenvalue weighted by Gasteiger charge is 2.13. The topological polar surface area (TPSA) is 3.24 Å². The van der Waals surface area contributed by atoms with Gasteiger partial charge in [0.25, 0.3) is 0 Å². The Hall–Kier alpha value is -6.44. The van der Waals surface area contributed by atoms with Gasteiger partial charge in [-0.2, -0.15) is 0 Å². The molecule has 1 unspecified atom stereocenters. The Balaban J connectivity index is 2.12. The molecule has 3 rings (SSSR count). The van der Waals surface area contributed by atoms with E-state index in [9.17, 15) is 0 Å². The molecule has 278 valence electrons. The van der Waals surface area contributed by atoms with Crippen LogP contribution in [0.25, 0.3) is 27.8 Å². The fourth-order valence-corrected chi connectivity index (χ4v) is 5.67. The zero-order valence-electron chi connectivity index (χ0n) is 33.2. The van der Waals surface area contributed by atoms with Gasteiger partial charge in [0.15, 0.2) is 0 Å². The molecule has 0 bridgehead atoms. The fraction of sp³-hybridized carbons (Fsp3) is 0.111. The molecule has 0 aliphatic rings. The maximum Gasteiger partial charge on any atom is 0.0458 e. The molecule has 0 saturated heterocycles. The third-order valence-electron chi connectivity index (χ3n) is 9.02. The molecule has 0 aromatic heterocycles. The zero-order chi connectivity index (χ0) is 39.8. The van der Waals surface area contributed by atoms with Crippen LogP contribution in [-0.4, -0.2) is 0 Å². The van der Waals surface area contributed by atoms with Gasteiger partial charge in [-0.25, -0.2) is 0 Å². The third kappa shape index (κ3) is 13.8. The van der Waals surface area contributed by atoms with Crippen molar-refractivity contribution in [1.29, 1.82) is 0 Å². The van der Waals surface area contributed by atoms with E-state index in [0.29, 0.717) is 0 Å². The Morgan fingerprint density at radius 1 is 0.655 bits per heavy atom. The average Bonchev–Trinajstić information content (AvgIpc) is 3.22. The van der Waals surface area contributed by atoms with E-state index in [4.69, 9.17) is 0 Å². The Bertz CT molecular complexity index is 2080. The Kier molecular flexibility index (Phi) is 18.7. The van der Waals surface area contributed by atoms with E-state index in [-0.39, 0.29) is 5.92 Å². The van der Waals surface area contributed by atoms with Gasteiger partial charge >= 0.3 is 0 Å². The van der Waals surface area contributed by atoms with Crippen molar-refractivity contribution in [1.82, 2.24) is 0 Å². The molecule has 0 N–H and O–H groups in total. The standard InChI is InChI=1S/C54H57N/c1-10-16-18-20-27-47(14-5)29-24-41-55(45(9)34-33-44(8)43(7)26-17-11-2)52-39-40-53(54(42-52)50-30-21-19-22-31-50)51-37-35-49(36-38-51)48(15-6)32-23-28-46(13-4)25-12-3/h10-28,30-42,47H,1,3-6,29H2,2,7-9H3/b17-11-,18-16-,27-20+,28-23+,41-24+,43-26+,44-33+,45-34+,46-25+,48-32+. The van der Waals surface area contributed by atoms with E-state index in [0.717, 1.165) is 56.8 Å². The summed E-state index contributed by atoms with van der Waals surface area (Å²) in [5, 5.41) is 0. The molecule has 0 saturated carbocycles. The second kappa shape index (κ2) is 24.0. The summed E-state index contributed by atoms with van der Waals surface area (Å²) in [5.74, 6) is 0.204. The first-order valence-corrected chi connectivity index (χ1v) is 18.8. The number of nitrogens with zero attached hydrogens (tertiary/aromatic N) is 1. The molecular formula is C54H57N. The van der Waals surface area contributed by atoms with E-state index >= 15 is 0 Å². The van der Waals surface area contributed by atoms with Crippen molar-refractivity contribution in [3.63, 3.8) is 0 Å². The van der Waals surface area contributed by atoms with E-state index in [1.807, 2.05) is 67.7 Å². The lowest BCUT2D eigenvalue weighted by Crippen LogP contribution is -2.13. The molecule has 1 nitrogen and oxygen atoms in total. The van der Waals surface area contributed by atoms with Crippen LogP contribution >= 0.6 is 0 Å². The summed E-state index contributed by atoms with van der Waals surface area (Å²) >= 11 is 0. The molecule has 3 aromatic rings. The minimum Gasteiger partial charge on any atom is -0.321 e. The van der Waals surface area contributed by atoms with Crippen molar-refractivity contribution in [2.24, 2.45) is 5.92 Å². The quantitative estimate of drug-likeness (QED) is 0.0830. The highest BCUT2D eigenvalue weighted by molar-refractivity contribution is 5.87. The predicted octanol–water partition coefficient (Wildman–Crippen LogP) is 15.6. The third-order valence-corrected chi connectivity index (χ3v) is 9.02. The number of allylic oxidation sites excluding steroid dienone is 24. The molecule has 0 spiro atoms. The first-order chi connectivity index (χ1) is 26.8. The van der Waals surface area contributed by atoms with Gasteiger partial charge in [-0.15, -0.1) is 6.58 Å². The molecule has 0 radical (unpaired) electrons. The molecule has 0 fully saturated rings. The van der Waals surface area contributed by atoms with Crippen molar-refractivity contribution in [2.75, 3.05) is 4.90 Å². The van der Waals surface area contributed by atoms with Crippen LogP contribution < -0.4 is 4.90 Å². The largest absolute Gasteiger partial charge is 0.321 e. The number of hydrogen-bond donors (Lipinski definition) is 0. The first kappa shape index (κ1) is 43.0. The van der Waals surface area contributed by atoms with Crippen LogP contribution in [0, 0.1) is 5.92 Å². The highest BCUT2D eigenvalue weighted by Crippen LogP contribution is 2.37. The minimum absolute atomic E-state index is 0.204. The van der Waals surface area contributed by atoms with E-state index in [1.54, 1.807) is 12.2 Å². The van der Waals surface area contributed by atoms with Crippen molar-refractivity contribution in [3.8, 4) is 22.3 Å². The van der Waals surface area contributed by atoms with Gasteiger partial charge in [-0.05, 0) is 108 Å². The molecule has 55 heavy (non-hydrogen) atoms. The lowest BCUT2D eigenvalue weighted by Gasteiger charge is -2.24. The van der Waals surface area contributed by atoms with Gasteiger partial charge in [-0.3, -0.25) is 0 Å². The summed E-state index contributed by atoms with van der Waals surface area (Å²) in [6.07, 6.45) is 41.2. The van der Waals surface area contributed by atoms with Crippen LogP contribution in [0.3, 0.4) is 0 Å². The molecule has 0 amide bonds. The maximum atomic E-state index is 4.08. The summed E-state index contributed by atoms with van der Waals surface area (Å²) < 4.78 is 0. The van der Waals surface area contributed by atoms with Crippen LogP contribution in [0.5, 0.6) is 0 Å². The highest BCUT2D eigenvalue weighted by atomic mass is 15.1. The smallest absolute Gasteiger partial charge is 0.0458 e. The van der Waals surface area contributed by atoms with Gasteiger partial charge < -0.3 is 4.90 Å². The van der Waals surface area contributed by atoms with E-state index < -0.39 is 0 Å². The molecular weight excluding hydrogens is 663 g/mol. The van der Waals surface area contributed by atoms with Crippen LogP contribution in [0.2, 0.25) is 0 Å².